The molecular formula is C21H19N5O. The lowest BCUT2D eigenvalue weighted by Crippen LogP contribution is -2.24. The monoisotopic (exact) mass is 357 g/mol. The van der Waals surface area contributed by atoms with Crippen molar-refractivity contribution in [2.24, 2.45) is 0 Å². The van der Waals surface area contributed by atoms with Crippen molar-refractivity contribution >= 4 is 11.7 Å². The molecule has 3 N–H and O–H groups in total. The Morgan fingerprint density at radius 3 is 2.37 bits per heavy atom. The predicted molar refractivity (Wildman–Crippen MR) is 104 cm³/mol. The van der Waals surface area contributed by atoms with E-state index in [1.807, 2.05) is 48.5 Å². The van der Waals surface area contributed by atoms with Gasteiger partial charge in [0.25, 0.3) is 5.91 Å². The standard InChI is InChI=1S/C21H19N5O/c22-14-17-18(12-7-13-24-21(27)16-10-5-2-6-11-16)25-20(26-19(17)23)15-8-3-1-4-9-15/h1-6,8-11H,7,12-13H2,(H,24,27)(H2,23,25,26). The average Bonchev–Trinajstić information content (AvgIpc) is 2.72. The predicted octanol–water partition coefficient (Wildman–Crippen LogP) is 2.96. The number of nitrogens with two attached hydrogens (primary N) is 1. The van der Waals surface area contributed by atoms with E-state index in [1.54, 1.807) is 12.1 Å². The van der Waals surface area contributed by atoms with Gasteiger partial charge in [-0.25, -0.2) is 9.97 Å². The maximum Gasteiger partial charge on any atom is 0.251 e. The highest BCUT2D eigenvalue weighted by molar-refractivity contribution is 5.94. The van der Waals surface area contributed by atoms with Crippen LogP contribution < -0.4 is 11.1 Å². The number of aryl methyl sites for hydroxylation is 1. The molecule has 0 aliphatic heterocycles. The molecule has 6 heteroatoms. The third kappa shape index (κ3) is 4.47. The number of rotatable bonds is 6. The summed E-state index contributed by atoms with van der Waals surface area (Å²) in [6, 6.07) is 20.6. The van der Waals surface area contributed by atoms with Gasteiger partial charge in [-0.15, -0.1) is 0 Å². The number of nitrogens with one attached hydrogen (secondary N) is 1. The zero-order chi connectivity index (χ0) is 19.1. The van der Waals surface area contributed by atoms with Gasteiger partial charge in [0.05, 0.1) is 5.69 Å². The molecule has 3 rings (SSSR count). The second kappa shape index (κ2) is 8.59. The topological polar surface area (TPSA) is 105 Å². The Balaban J connectivity index is 1.68. The molecule has 3 aromatic rings. The number of nitrogens with zero attached hydrogens (tertiary/aromatic N) is 3. The number of hydrogen-bond donors (Lipinski definition) is 2. The molecule has 0 saturated carbocycles. The molecule has 0 aliphatic rings. The number of aromatic nitrogens is 2. The molecule has 0 atom stereocenters. The third-order valence-electron chi connectivity index (χ3n) is 4.07. The van der Waals surface area contributed by atoms with Crippen LogP contribution in [0.5, 0.6) is 0 Å². The van der Waals surface area contributed by atoms with E-state index in [1.165, 1.54) is 0 Å². The molecule has 0 aliphatic carbocycles. The molecule has 0 saturated heterocycles. The van der Waals surface area contributed by atoms with Gasteiger partial charge in [-0.2, -0.15) is 5.26 Å². The smallest absolute Gasteiger partial charge is 0.251 e. The van der Waals surface area contributed by atoms with E-state index >= 15 is 0 Å². The van der Waals surface area contributed by atoms with E-state index in [-0.39, 0.29) is 11.7 Å². The van der Waals surface area contributed by atoms with Crippen molar-refractivity contribution in [1.82, 2.24) is 15.3 Å². The van der Waals surface area contributed by atoms with Crippen LogP contribution in [-0.2, 0) is 6.42 Å². The molecular weight excluding hydrogens is 338 g/mol. The Labute approximate surface area is 157 Å². The van der Waals surface area contributed by atoms with Crippen molar-refractivity contribution in [2.75, 3.05) is 12.3 Å². The number of hydrogen-bond acceptors (Lipinski definition) is 5. The van der Waals surface area contributed by atoms with Crippen LogP contribution in [-0.4, -0.2) is 22.4 Å². The maximum atomic E-state index is 12.1. The number of carbonyl (C=O) groups is 1. The van der Waals surface area contributed by atoms with Crippen molar-refractivity contribution in [3.63, 3.8) is 0 Å². The fourth-order valence-corrected chi connectivity index (χ4v) is 2.69. The highest BCUT2D eigenvalue weighted by Crippen LogP contribution is 2.21. The van der Waals surface area contributed by atoms with E-state index < -0.39 is 0 Å². The molecule has 1 heterocycles. The first-order valence-corrected chi connectivity index (χ1v) is 8.64. The summed E-state index contributed by atoms with van der Waals surface area (Å²) in [5.74, 6) is 0.549. The maximum absolute atomic E-state index is 12.1. The van der Waals surface area contributed by atoms with E-state index in [9.17, 15) is 10.1 Å². The minimum absolute atomic E-state index is 0.122. The zero-order valence-electron chi connectivity index (χ0n) is 14.7. The van der Waals surface area contributed by atoms with Gasteiger partial charge in [-0.1, -0.05) is 48.5 Å². The zero-order valence-corrected chi connectivity index (χ0v) is 14.7. The first kappa shape index (κ1) is 18.1. The Morgan fingerprint density at radius 1 is 1.04 bits per heavy atom. The van der Waals surface area contributed by atoms with Gasteiger partial charge < -0.3 is 11.1 Å². The third-order valence-corrected chi connectivity index (χ3v) is 4.07. The SMILES string of the molecule is N#Cc1c(N)nc(-c2ccccc2)nc1CCCNC(=O)c1ccccc1. The van der Waals surface area contributed by atoms with Crippen LogP contribution in [0.15, 0.2) is 60.7 Å². The van der Waals surface area contributed by atoms with Crippen LogP contribution in [0.25, 0.3) is 11.4 Å². The summed E-state index contributed by atoms with van der Waals surface area (Å²) in [6.45, 7) is 0.475. The molecule has 0 bridgehead atoms. The number of nitrogen functional groups attached to an aromatic ring is 1. The van der Waals surface area contributed by atoms with Gasteiger partial charge >= 0.3 is 0 Å². The second-order valence-electron chi connectivity index (χ2n) is 5.96. The molecule has 1 amide bonds. The molecule has 27 heavy (non-hydrogen) atoms. The van der Waals surface area contributed by atoms with Crippen molar-refractivity contribution in [3.05, 3.63) is 77.5 Å². The van der Waals surface area contributed by atoms with Crippen molar-refractivity contribution in [1.29, 1.82) is 5.26 Å². The lowest BCUT2D eigenvalue weighted by Gasteiger charge is -2.09. The number of amides is 1. The molecule has 0 unspecified atom stereocenters. The summed E-state index contributed by atoms with van der Waals surface area (Å²) in [7, 11) is 0. The molecule has 0 spiro atoms. The van der Waals surface area contributed by atoms with Gasteiger partial charge in [-0.3, -0.25) is 4.79 Å². The Hall–Kier alpha value is -3.72. The van der Waals surface area contributed by atoms with Crippen molar-refractivity contribution in [2.45, 2.75) is 12.8 Å². The summed E-state index contributed by atoms with van der Waals surface area (Å²) >= 11 is 0. The van der Waals surface area contributed by atoms with Gasteiger partial charge in [0.2, 0.25) is 0 Å². The number of benzene rings is 2. The molecule has 2 aromatic carbocycles. The molecule has 0 radical (unpaired) electrons. The van der Waals surface area contributed by atoms with Crippen LogP contribution in [0.1, 0.15) is 28.0 Å². The van der Waals surface area contributed by atoms with Gasteiger partial charge in [0.15, 0.2) is 5.82 Å². The Morgan fingerprint density at radius 2 is 1.70 bits per heavy atom. The molecule has 134 valence electrons. The van der Waals surface area contributed by atoms with E-state index in [2.05, 4.69) is 21.4 Å². The second-order valence-corrected chi connectivity index (χ2v) is 5.96. The summed E-state index contributed by atoms with van der Waals surface area (Å²) in [5, 5.41) is 12.2. The van der Waals surface area contributed by atoms with E-state index in [4.69, 9.17) is 5.73 Å². The minimum atomic E-state index is -0.122. The molecule has 6 nitrogen and oxygen atoms in total. The highest BCUT2D eigenvalue weighted by Gasteiger charge is 2.13. The lowest BCUT2D eigenvalue weighted by atomic mass is 10.1. The fourth-order valence-electron chi connectivity index (χ4n) is 2.69. The molecule has 0 fully saturated rings. The highest BCUT2D eigenvalue weighted by atomic mass is 16.1. The van der Waals surface area contributed by atoms with Gasteiger partial charge in [-0.05, 0) is 25.0 Å². The number of carbonyl (C=O) groups excluding carboxylic acids is 1. The number of anilines is 1. The summed E-state index contributed by atoms with van der Waals surface area (Å²) in [6.07, 6.45) is 1.16. The Kier molecular flexibility index (Phi) is 5.75. The van der Waals surface area contributed by atoms with Crippen molar-refractivity contribution in [3.8, 4) is 17.5 Å². The van der Waals surface area contributed by atoms with E-state index in [0.717, 1.165) is 5.56 Å². The quantitative estimate of drug-likeness (QED) is 0.660. The fraction of sp³-hybridized carbons (Fsp3) is 0.143. The average molecular weight is 357 g/mol. The van der Waals surface area contributed by atoms with Crippen LogP contribution in [0.4, 0.5) is 5.82 Å². The van der Waals surface area contributed by atoms with Crippen LogP contribution >= 0.6 is 0 Å². The van der Waals surface area contributed by atoms with Crippen molar-refractivity contribution < 1.29 is 4.79 Å². The lowest BCUT2D eigenvalue weighted by molar-refractivity contribution is 0.0953. The summed E-state index contributed by atoms with van der Waals surface area (Å²) in [4.78, 5) is 20.8. The first-order chi connectivity index (χ1) is 13.2. The largest absolute Gasteiger partial charge is 0.382 e. The number of nitriles is 1. The van der Waals surface area contributed by atoms with Gasteiger partial charge in [0, 0.05) is 17.7 Å². The molecule has 1 aromatic heterocycles. The van der Waals surface area contributed by atoms with Crippen LogP contribution in [0.2, 0.25) is 0 Å². The van der Waals surface area contributed by atoms with Crippen LogP contribution in [0.3, 0.4) is 0 Å². The summed E-state index contributed by atoms with van der Waals surface area (Å²) in [5.41, 5.74) is 8.30. The minimum Gasteiger partial charge on any atom is -0.382 e. The normalized spacial score (nSPS) is 10.2. The first-order valence-electron chi connectivity index (χ1n) is 8.64. The van der Waals surface area contributed by atoms with Gasteiger partial charge in [0.1, 0.15) is 17.5 Å². The van der Waals surface area contributed by atoms with Crippen LogP contribution in [0, 0.1) is 11.3 Å². The Bertz CT molecular complexity index is 965. The summed E-state index contributed by atoms with van der Waals surface area (Å²) < 4.78 is 0. The van der Waals surface area contributed by atoms with E-state index in [0.29, 0.717) is 42.0 Å².